The third kappa shape index (κ3) is 3.32. The Bertz CT molecular complexity index is 598. The Morgan fingerprint density at radius 2 is 2.10 bits per heavy atom. The van der Waals surface area contributed by atoms with E-state index in [1.807, 2.05) is 18.2 Å². The molecule has 5 nitrogen and oxygen atoms in total. The van der Waals surface area contributed by atoms with Crippen LogP contribution in [0.15, 0.2) is 36.7 Å². The third-order valence-electron chi connectivity index (χ3n) is 3.06. The number of carbonyl (C=O) groups is 1. The predicted molar refractivity (Wildman–Crippen MR) is 78.6 cm³/mol. The highest BCUT2D eigenvalue weighted by Gasteiger charge is 2.09. The normalized spacial score (nSPS) is 10.1. The first-order chi connectivity index (χ1) is 9.74. The molecule has 2 aromatic rings. The summed E-state index contributed by atoms with van der Waals surface area (Å²) in [5.41, 5.74) is 3.29. The van der Waals surface area contributed by atoms with E-state index in [1.54, 1.807) is 25.5 Å². The largest absolute Gasteiger partial charge is 0.388 e. The molecule has 0 bridgehead atoms. The van der Waals surface area contributed by atoms with Gasteiger partial charge in [0.25, 0.3) is 5.91 Å². The minimum atomic E-state index is -0.199. The number of carbonyl (C=O) groups excluding carboxylic acids is 1. The van der Waals surface area contributed by atoms with Gasteiger partial charge in [0, 0.05) is 25.1 Å². The van der Waals surface area contributed by atoms with Crippen molar-refractivity contribution in [3.05, 3.63) is 53.6 Å². The summed E-state index contributed by atoms with van der Waals surface area (Å²) >= 11 is 0. The van der Waals surface area contributed by atoms with Crippen LogP contribution in [0.5, 0.6) is 0 Å². The zero-order chi connectivity index (χ0) is 14.4. The van der Waals surface area contributed by atoms with Gasteiger partial charge in [-0.25, -0.2) is 0 Å². The molecule has 0 saturated heterocycles. The molecule has 2 rings (SSSR count). The molecule has 0 spiro atoms. The number of anilines is 1. The van der Waals surface area contributed by atoms with Crippen LogP contribution >= 0.6 is 0 Å². The number of nitrogens with zero attached hydrogens (tertiary/aromatic N) is 2. The van der Waals surface area contributed by atoms with Crippen molar-refractivity contribution < 1.29 is 4.79 Å². The van der Waals surface area contributed by atoms with Crippen LogP contribution in [0.3, 0.4) is 0 Å². The maximum absolute atomic E-state index is 12.1. The summed E-state index contributed by atoms with van der Waals surface area (Å²) in [5, 5.41) is 5.83. The average Bonchev–Trinajstić information content (AvgIpc) is 2.52. The topological polar surface area (TPSA) is 66.9 Å². The van der Waals surface area contributed by atoms with E-state index in [-0.39, 0.29) is 5.91 Å². The maximum atomic E-state index is 12.1. The van der Waals surface area contributed by atoms with E-state index in [0.29, 0.717) is 12.2 Å². The smallest absolute Gasteiger partial charge is 0.270 e. The fraction of sp³-hybridized carbons (Fsp3) is 0.267. The molecule has 0 aliphatic heterocycles. The van der Waals surface area contributed by atoms with Gasteiger partial charge < -0.3 is 10.6 Å². The van der Waals surface area contributed by atoms with Crippen LogP contribution in [0.2, 0.25) is 0 Å². The monoisotopic (exact) mass is 270 g/mol. The number of aromatic nitrogens is 2. The van der Waals surface area contributed by atoms with Gasteiger partial charge in [-0.15, -0.1) is 0 Å². The summed E-state index contributed by atoms with van der Waals surface area (Å²) in [7, 11) is 1.80. The standard InChI is InChI=1S/C15H18N4O/c1-3-11-5-4-7-17-14(11)10-19-15(20)13-9-12(16-2)6-8-18-13/h4-9H,3,10H2,1-2H3,(H,16,18)(H,19,20). The summed E-state index contributed by atoms with van der Waals surface area (Å²) < 4.78 is 0. The van der Waals surface area contributed by atoms with Gasteiger partial charge in [0.05, 0.1) is 12.2 Å². The lowest BCUT2D eigenvalue weighted by Crippen LogP contribution is -2.25. The highest BCUT2D eigenvalue weighted by atomic mass is 16.1. The van der Waals surface area contributed by atoms with E-state index in [1.165, 1.54) is 0 Å². The Morgan fingerprint density at radius 3 is 2.85 bits per heavy atom. The maximum Gasteiger partial charge on any atom is 0.270 e. The van der Waals surface area contributed by atoms with Gasteiger partial charge in [-0.3, -0.25) is 14.8 Å². The van der Waals surface area contributed by atoms with Gasteiger partial charge in [-0.2, -0.15) is 0 Å². The zero-order valence-electron chi connectivity index (χ0n) is 11.7. The number of pyridine rings is 2. The van der Waals surface area contributed by atoms with Crippen molar-refractivity contribution in [2.24, 2.45) is 0 Å². The molecule has 2 aromatic heterocycles. The first kappa shape index (κ1) is 14.0. The van der Waals surface area contributed by atoms with Crippen molar-refractivity contribution >= 4 is 11.6 Å². The van der Waals surface area contributed by atoms with Gasteiger partial charge in [-0.1, -0.05) is 13.0 Å². The van der Waals surface area contributed by atoms with Crippen LogP contribution in [0.25, 0.3) is 0 Å². The molecule has 5 heteroatoms. The number of aryl methyl sites for hydroxylation is 1. The van der Waals surface area contributed by atoms with E-state index in [9.17, 15) is 4.79 Å². The molecule has 20 heavy (non-hydrogen) atoms. The SMILES string of the molecule is CCc1cccnc1CNC(=O)c1cc(NC)ccn1. The molecule has 0 unspecified atom stereocenters. The fourth-order valence-electron chi connectivity index (χ4n) is 1.92. The van der Waals surface area contributed by atoms with Crippen molar-refractivity contribution in [1.82, 2.24) is 15.3 Å². The molecule has 0 radical (unpaired) electrons. The molecule has 0 fully saturated rings. The van der Waals surface area contributed by atoms with Gasteiger partial charge in [0.2, 0.25) is 0 Å². The molecule has 104 valence electrons. The summed E-state index contributed by atoms with van der Waals surface area (Å²) in [6.07, 6.45) is 4.24. The second-order valence-corrected chi connectivity index (χ2v) is 4.33. The summed E-state index contributed by atoms with van der Waals surface area (Å²) in [4.78, 5) is 20.4. The molecule has 0 aliphatic carbocycles. The van der Waals surface area contributed by atoms with E-state index in [4.69, 9.17) is 0 Å². The highest BCUT2D eigenvalue weighted by molar-refractivity contribution is 5.93. The molecule has 0 saturated carbocycles. The van der Waals surface area contributed by atoms with Crippen molar-refractivity contribution in [3.8, 4) is 0 Å². The van der Waals surface area contributed by atoms with E-state index in [2.05, 4.69) is 27.5 Å². The van der Waals surface area contributed by atoms with Crippen LogP contribution in [-0.2, 0) is 13.0 Å². The summed E-state index contributed by atoms with van der Waals surface area (Å²) in [6, 6.07) is 7.45. The van der Waals surface area contributed by atoms with E-state index in [0.717, 1.165) is 23.4 Å². The lowest BCUT2D eigenvalue weighted by molar-refractivity contribution is 0.0945. The van der Waals surface area contributed by atoms with Gasteiger partial charge in [0.15, 0.2) is 0 Å². The highest BCUT2D eigenvalue weighted by Crippen LogP contribution is 2.08. The molecule has 2 heterocycles. The lowest BCUT2D eigenvalue weighted by Gasteiger charge is -2.08. The second kappa shape index (κ2) is 6.65. The fourth-order valence-corrected chi connectivity index (χ4v) is 1.92. The quantitative estimate of drug-likeness (QED) is 0.872. The molecule has 1 amide bonds. The zero-order valence-corrected chi connectivity index (χ0v) is 11.7. The Balaban J connectivity index is 2.04. The second-order valence-electron chi connectivity index (χ2n) is 4.33. The minimum absolute atomic E-state index is 0.199. The van der Waals surface area contributed by atoms with Gasteiger partial charge >= 0.3 is 0 Å². The molecular weight excluding hydrogens is 252 g/mol. The summed E-state index contributed by atoms with van der Waals surface area (Å²) in [5.74, 6) is -0.199. The Morgan fingerprint density at radius 1 is 1.25 bits per heavy atom. The van der Waals surface area contributed by atoms with Gasteiger partial charge in [0.1, 0.15) is 5.69 Å². The Kier molecular flexibility index (Phi) is 4.65. The van der Waals surface area contributed by atoms with Crippen LogP contribution in [-0.4, -0.2) is 22.9 Å². The minimum Gasteiger partial charge on any atom is -0.388 e. The Hall–Kier alpha value is -2.43. The van der Waals surface area contributed by atoms with Crippen molar-refractivity contribution in [1.29, 1.82) is 0 Å². The summed E-state index contributed by atoms with van der Waals surface area (Å²) in [6.45, 7) is 2.48. The predicted octanol–water partition coefficient (Wildman–Crippen LogP) is 2.01. The number of rotatable bonds is 5. The van der Waals surface area contributed by atoms with Crippen LogP contribution in [0, 0.1) is 0 Å². The van der Waals surface area contributed by atoms with Crippen molar-refractivity contribution in [2.75, 3.05) is 12.4 Å². The molecule has 0 aliphatic rings. The molecule has 2 N–H and O–H groups in total. The van der Waals surface area contributed by atoms with E-state index < -0.39 is 0 Å². The third-order valence-corrected chi connectivity index (χ3v) is 3.06. The lowest BCUT2D eigenvalue weighted by atomic mass is 10.1. The average molecular weight is 270 g/mol. The number of nitrogens with one attached hydrogen (secondary N) is 2. The van der Waals surface area contributed by atoms with Crippen LogP contribution in [0.1, 0.15) is 28.7 Å². The number of hydrogen-bond donors (Lipinski definition) is 2. The molecule has 0 aromatic carbocycles. The van der Waals surface area contributed by atoms with Crippen molar-refractivity contribution in [2.45, 2.75) is 19.9 Å². The first-order valence-corrected chi connectivity index (χ1v) is 6.59. The van der Waals surface area contributed by atoms with Crippen molar-refractivity contribution in [3.63, 3.8) is 0 Å². The Labute approximate surface area is 118 Å². The van der Waals surface area contributed by atoms with Gasteiger partial charge in [-0.05, 0) is 30.2 Å². The van der Waals surface area contributed by atoms with Crippen LogP contribution in [0.4, 0.5) is 5.69 Å². The molecular formula is C15H18N4O. The number of hydrogen-bond acceptors (Lipinski definition) is 4. The molecule has 0 atom stereocenters. The number of amides is 1. The van der Waals surface area contributed by atoms with Crippen LogP contribution < -0.4 is 10.6 Å². The first-order valence-electron chi connectivity index (χ1n) is 6.59. The van der Waals surface area contributed by atoms with E-state index >= 15 is 0 Å².